The third kappa shape index (κ3) is 6.78. The molecule has 2 atom stereocenters. The maximum atomic E-state index is 14.5. The van der Waals surface area contributed by atoms with E-state index in [9.17, 15) is 37.4 Å². The van der Waals surface area contributed by atoms with Gasteiger partial charge in [-0.25, -0.2) is 4.39 Å². The highest BCUT2D eigenvalue weighted by molar-refractivity contribution is 5.99. The second-order valence-corrected chi connectivity index (χ2v) is 13.0. The predicted molar refractivity (Wildman–Crippen MR) is 172 cm³/mol. The molecule has 0 bridgehead atoms. The molecule has 5 rings (SSSR count). The molecule has 2 amide bonds. The minimum absolute atomic E-state index is 0.0534. The highest BCUT2D eigenvalue weighted by Gasteiger charge is 2.56. The summed E-state index contributed by atoms with van der Waals surface area (Å²) in [5.41, 5.74) is 4.13. The number of anilines is 3. The average Bonchev–Trinajstić information content (AvgIpc) is 3.50. The first kappa shape index (κ1) is 33.8. The van der Waals surface area contributed by atoms with Crippen LogP contribution in [0, 0.1) is 12.7 Å². The van der Waals surface area contributed by atoms with Gasteiger partial charge in [0.15, 0.2) is 5.60 Å². The molecule has 1 fully saturated rings. The normalized spacial score (nSPS) is 17.7. The topological polar surface area (TPSA) is 119 Å². The molecule has 0 aliphatic carbocycles. The molecule has 3 aromatic carbocycles. The summed E-state index contributed by atoms with van der Waals surface area (Å²) in [6.45, 7) is 4.53. The van der Waals surface area contributed by atoms with Gasteiger partial charge in [-0.2, -0.15) is 13.2 Å². The zero-order valence-corrected chi connectivity index (χ0v) is 26.4. The number of likely N-dealkylation sites (tertiary alicyclic amines) is 1. The first-order chi connectivity index (χ1) is 22.0. The molecule has 8 nitrogen and oxygen atoms in total. The monoisotopic (exact) mass is 654 g/mol. The number of nitrogens with two attached hydrogens (primary N) is 1. The second kappa shape index (κ2) is 12.6. The number of aryl methyl sites for hydroxylation is 1. The summed E-state index contributed by atoms with van der Waals surface area (Å²) in [6, 6.07) is 12.9. The molecule has 5 N–H and O–H groups in total. The average molecular weight is 655 g/mol. The number of benzene rings is 3. The molecule has 0 saturated carbocycles. The molecule has 12 heteroatoms. The standard InChI is InChI=1S/C35H38F4N4O4/c1-21-15-27(41-20-34(47,35(37,38)39)19-33(2,3)26-18-23(36)11-12-30(26)44)25-9-5-13-42(29(25)16-21)24-8-4-7-22(17-24)32(46)43-14-6-10-28(43)31(40)45/h4-5,7-9,11-12,15-18,28,41,44,47H,6,10,13-14,19-20H2,1-3H3,(H2,40,45)/t28-,34?/m1/s1. The molecule has 2 aliphatic rings. The van der Waals surface area contributed by atoms with Gasteiger partial charge in [0.25, 0.3) is 5.91 Å². The predicted octanol–water partition coefficient (Wildman–Crippen LogP) is 6.17. The van der Waals surface area contributed by atoms with Gasteiger partial charge in [0, 0.05) is 41.2 Å². The van der Waals surface area contributed by atoms with E-state index in [0.717, 1.165) is 23.8 Å². The van der Waals surface area contributed by atoms with E-state index in [2.05, 4.69) is 5.32 Å². The Bertz CT molecular complexity index is 1720. The number of phenols is 1. The summed E-state index contributed by atoms with van der Waals surface area (Å²) >= 11 is 0. The van der Waals surface area contributed by atoms with Crippen molar-refractivity contribution in [2.75, 3.05) is 29.9 Å². The van der Waals surface area contributed by atoms with Gasteiger partial charge in [-0.05, 0) is 85.7 Å². The van der Waals surface area contributed by atoms with Crippen molar-refractivity contribution in [3.63, 3.8) is 0 Å². The fourth-order valence-corrected chi connectivity index (χ4v) is 6.60. The van der Waals surface area contributed by atoms with Crippen LogP contribution in [0.15, 0.2) is 60.7 Å². The molecule has 1 unspecified atom stereocenters. The number of hydrogen-bond acceptors (Lipinski definition) is 6. The van der Waals surface area contributed by atoms with Crippen LogP contribution in [0.2, 0.25) is 0 Å². The minimum atomic E-state index is -5.07. The van der Waals surface area contributed by atoms with Crippen LogP contribution in [0.3, 0.4) is 0 Å². The number of carbonyl (C=O) groups excluding carboxylic acids is 2. The fourth-order valence-electron chi connectivity index (χ4n) is 6.60. The number of primary amides is 1. The molecule has 2 aliphatic heterocycles. The van der Waals surface area contributed by atoms with Crippen molar-refractivity contribution in [3.8, 4) is 5.75 Å². The van der Waals surface area contributed by atoms with Gasteiger partial charge >= 0.3 is 6.18 Å². The van der Waals surface area contributed by atoms with Crippen molar-refractivity contribution in [3.05, 3.63) is 88.7 Å². The summed E-state index contributed by atoms with van der Waals surface area (Å²) < 4.78 is 57.5. The Morgan fingerprint density at radius 3 is 2.53 bits per heavy atom. The van der Waals surface area contributed by atoms with Crippen LogP contribution in [-0.2, 0) is 10.2 Å². The SMILES string of the molecule is Cc1cc(NCC(O)(CC(C)(C)c2cc(F)ccc2O)C(F)(F)F)c2c(c1)N(c1cccc(C(=O)N3CCC[C@@H]3C(N)=O)c1)CC=C2. The Morgan fingerprint density at radius 1 is 1.09 bits per heavy atom. The molecule has 2 heterocycles. The first-order valence-corrected chi connectivity index (χ1v) is 15.3. The molecule has 47 heavy (non-hydrogen) atoms. The van der Waals surface area contributed by atoms with E-state index in [0.29, 0.717) is 54.1 Å². The lowest BCUT2D eigenvalue weighted by Crippen LogP contribution is -2.53. The number of hydrogen-bond donors (Lipinski definition) is 4. The van der Waals surface area contributed by atoms with Gasteiger partial charge in [-0.3, -0.25) is 9.59 Å². The number of amides is 2. The van der Waals surface area contributed by atoms with Crippen LogP contribution < -0.4 is 16.0 Å². The van der Waals surface area contributed by atoms with E-state index < -0.39 is 47.9 Å². The molecular weight excluding hydrogens is 616 g/mol. The van der Waals surface area contributed by atoms with Gasteiger partial charge < -0.3 is 31.1 Å². The van der Waals surface area contributed by atoms with E-state index in [1.165, 1.54) is 18.7 Å². The van der Waals surface area contributed by atoms with Crippen LogP contribution in [0.1, 0.15) is 60.2 Å². The Morgan fingerprint density at radius 2 is 1.83 bits per heavy atom. The van der Waals surface area contributed by atoms with Crippen molar-refractivity contribution >= 4 is 35.0 Å². The Kier molecular flexibility index (Phi) is 9.02. The summed E-state index contributed by atoms with van der Waals surface area (Å²) in [4.78, 5) is 28.7. The molecule has 0 spiro atoms. The van der Waals surface area contributed by atoms with Crippen LogP contribution in [0.5, 0.6) is 5.75 Å². The van der Waals surface area contributed by atoms with Crippen molar-refractivity contribution < 1.29 is 37.4 Å². The number of carbonyl (C=O) groups is 2. The third-order valence-electron chi connectivity index (χ3n) is 8.93. The van der Waals surface area contributed by atoms with Crippen LogP contribution in [0.25, 0.3) is 6.08 Å². The molecule has 0 radical (unpaired) electrons. The number of aromatic hydroxyl groups is 1. The molecule has 3 aromatic rings. The molecule has 250 valence electrons. The number of phenolic OH excluding ortho intramolecular Hbond substituents is 1. The maximum Gasteiger partial charge on any atom is 0.418 e. The van der Waals surface area contributed by atoms with E-state index in [4.69, 9.17) is 5.73 Å². The lowest BCUT2D eigenvalue weighted by atomic mass is 9.74. The zero-order valence-electron chi connectivity index (χ0n) is 26.4. The Labute approximate surface area is 270 Å². The van der Waals surface area contributed by atoms with Gasteiger partial charge in [0.2, 0.25) is 5.91 Å². The number of nitrogens with one attached hydrogen (secondary N) is 1. The van der Waals surface area contributed by atoms with Crippen LogP contribution in [-0.4, -0.2) is 64.4 Å². The summed E-state index contributed by atoms with van der Waals surface area (Å²) in [5.74, 6) is -1.95. The van der Waals surface area contributed by atoms with E-state index in [1.807, 2.05) is 23.1 Å². The Hall–Kier alpha value is -4.58. The number of alkyl halides is 3. The van der Waals surface area contributed by atoms with Gasteiger partial charge in [0.05, 0.1) is 12.2 Å². The third-order valence-corrected chi connectivity index (χ3v) is 8.93. The van der Waals surface area contributed by atoms with Crippen LogP contribution >= 0.6 is 0 Å². The summed E-state index contributed by atoms with van der Waals surface area (Å²) in [7, 11) is 0. The van der Waals surface area contributed by atoms with E-state index in [1.54, 1.807) is 37.3 Å². The van der Waals surface area contributed by atoms with Crippen molar-refractivity contribution in [1.29, 1.82) is 0 Å². The lowest BCUT2D eigenvalue weighted by molar-refractivity contribution is -0.260. The molecule has 0 aromatic heterocycles. The number of aliphatic hydroxyl groups is 1. The van der Waals surface area contributed by atoms with E-state index >= 15 is 0 Å². The number of fused-ring (bicyclic) bond motifs is 1. The number of rotatable bonds is 9. The largest absolute Gasteiger partial charge is 0.508 e. The zero-order chi connectivity index (χ0) is 34.3. The molecule has 1 saturated heterocycles. The van der Waals surface area contributed by atoms with Crippen LogP contribution in [0.4, 0.5) is 34.6 Å². The second-order valence-electron chi connectivity index (χ2n) is 13.0. The highest BCUT2D eigenvalue weighted by Crippen LogP contribution is 2.44. The number of nitrogens with zero attached hydrogens (tertiary/aromatic N) is 2. The smallest absolute Gasteiger partial charge is 0.418 e. The van der Waals surface area contributed by atoms with E-state index in [-0.39, 0.29) is 17.2 Å². The van der Waals surface area contributed by atoms with Crippen molar-refractivity contribution in [2.24, 2.45) is 5.73 Å². The van der Waals surface area contributed by atoms with Gasteiger partial charge in [-0.1, -0.05) is 32.1 Å². The van der Waals surface area contributed by atoms with Gasteiger partial charge in [-0.15, -0.1) is 0 Å². The minimum Gasteiger partial charge on any atom is -0.508 e. The Balaban J connectivity index is 1.43. The quantitative estimate of drug-likeness (QED) is 0.205. The fraction of sp³-hybridized carbons (Fsp3) is 0.371. The molecular formula is C35H38F4N4O4. The summed E-state index contributed by atoms with van der Waals surface area (Å²) in [6.07, 6.45) is -1.13. The first-order valence-electron chi connectivity index (χ1n) is 15.3. The summed E-state index contributed by atoms with van der Waals surface area (Å²) in [5, 5.41) is 24.3. The van der Waals surface area contributed by atoms with Crippen molar-refractivity contribution in [2.45, 2.75) is 63.3 Å². The lowest BCUT2D eigenvalue weighted by Gasteiger charge is -2.38. The van der Waals surface area contributed by atoms with Crippen molar-refractivity contribution in [1.82, 2.24) is 4.90 Å². The maximum absolute atomic E-state index is 14.5. The highest BCUT2D eigenvalue weighted by atomic mass is 19.4. The number of halogens is 4. The van der Waals surface area contributed by atoms with Gasteiger partial charge in [0.1, 0.15) is 17.6 Å².